The zero-order chi connectivity index (χ0) is 18.6. The Morgan fingerprint density at radius 3 is 2.50 bits per heavy atom. The Morgan fingerprint density at radius 1 is 1.15 bits per heavy atom. The normalized spacial score (nSPS) is 24.3. The molecule has 1 saturated carbocycles. The Balaban J connectivity index is 1.54. The van der Waals surface area contributed by atoms with E-state index < -0.39 is 0 Å². The average Bonchev–Trinajstić information content (AvgIpc) is 2.66. The molecule has 0 bridgehead atoms. The summed E-state index contributed by atoms with van der Waals surface area (Å²) in [4.78, 5) is 19.6. The average molecular weight is 358 g/mol. The van der Waals surface area contributed by atoms with Gasteiger partial charge in [0.05, 0.1) is 0 Å². The number of hydrogen-bond donors (Lipinski definition) is 1. The molecule has 26 heavy (non-hydrogen) atoms. The van der Waals surface area contributed by atoms with Gasteiger partial charge in [-0.2, -0.15) is 0 Å². The maximum atomic E-state index is 12.7. The third-order valence-corrected chi connectivity index (χ3v) is 6.30. The van der Waals surface area contributed by atoms with Gasteiger partial charge in [-0.1, -0.05) is 26.8 Å². The molecule has 4 nitrogen and oxygen atoms in total. The first-order chi connectivity index (χ1) is 12.4. The summed E-state index contributed by atoms with van der Waals surface area (Å²) in [7, 11) is 0. The summed E-state index contributed by atoms with van der Waals surface area (Å²) in [6.07, 6.45) is 10.1. The van der Waals surface area contributed by atoms with E-state index in [-0.39, 0.29) is 11.8 Å². The van der Waals surface area contributed by atoms with Gasteiger partial charge in [0.15, 0.2) is 0 Å². The van der Waals surface area contributed by atoms with Crippen molar-refractivity contribution in [3.8, 4) is 0 Å². The summed E-state index contributed by atoms with van der Waals surface area (Å²) in [6.45, 7) is 9.72. The Kier molecular flexibility index (Phi) is 6.20. The molecule has 1 aromatic rings. The molecule has 1 aliphatic heterocycles. The van der Waals surface area contributed by atoms with Crippen molar-refractivity contribution in [3.63, 3.8) is 0 Å². The second-order valence-corrected chi connectivity index (χ2v) is 9.17. The molecule has 144 valence electrons. The fourth-order valence-electron chi connectivity index (χ4n) is 4.51. The van der Waals surface area contributed by atoms with Crippen LogP contribution in [0.3, 0.4) is 0 Å². The van der Waals surface area contributed by atoms with Crippen LogP contribution in [0.25, 0.3) is 0 Å². The van der Waals surface area contributed by atoms with E-state index in [1.165, 1.54) is 32.1 Å². The van der Waals surface area contributed by atoms with E-state index in [1.807, 2.05) is 12.3 Å². The lowest BCUT2D eigenvalue weighted by Gasteiger charge is -2.36. The quantitative estimate of drug-likeness (QED) is 0.860. The molecule has 0 spiro atoms. The largest absolute Gasteiger partial charge is 0.356 e. The number of rotatable bonds is 4. The second kappa shape index (κ2) is 8.41. The molecule has 4 heteroatoms. The molecule has 1 amide bonds. The van der Waals surface area contributed by atoms with Crippen LogP contribution in [-0.4, -0.2) is 24.0 Å². The second-order valence-electron chi connectivity index (χ2n) is 9.17. The van der Waals surface area contributed by atoms with Gasteiger partial charge in [0, 0.05) is 37.3 Å². The first-order valence-corrected chi connectivity index (χ1v) is 10.4. The van der Waals surface area contributed by atoms with Crippen LogP contribution >= 0.6 is 0 Å². The van der Waals surface area contributed by atoms with Crippen LogP contribution < -0.4 is 10.2 Å². The van der Waals surface area contributed by atoms with E-state index >= 15 is 0 Å². The van der Waals surface area contributed by atoms with Gasteiger partial charge < -0.3 is 10.2 Å². The van der Waals surface area contributed by atoms with Gasteiger partial charge >= 0.3 is 0 Å². The third kappa shape index (κ3) is 4.77. The van der Waals surface area contributed by atoms with Gasteiger partial charge in [0.25, 0.3) is 0 Å². The number of carbonyl (C=O) groups is 1. The van der Waals surface area contributed by atoms with Gasteiger partial charge in [-0.15, -0.1) is 0 Å². The minimum atomic E-state index is 0.184. The Morgan fingerprint density at radius 2 is 1.85 bits per heavy atom. The number of piperidine rings is 1. The molecule has 2 aliphatic rings. The molecule has 0 aromatic carbocycles. The number of nitrogens with zero attached hydrogens (tertiary/aromatic N) is 2. The number of hydrogen-bond acceptors (Lipinski definition) is 3. The third-order valence-electron chi connectivity index (χ3n) is 6.30. The molecule has 2 heterocycles. The van der Waals surface area contributed by atoms with Crippen LogP contribution in [0.5, 0.6) is 0 Å². The van der Waals surface area contributed by atoms with E-state index in [1.54, 1.807) is 0 Å². The van der Waals surface area contributed by atoms with Crippen molar-refractivity contribution < 1.29 is 4.79 Å². The van der Waals surface area contributed by atoms with Crippen molar-refractivity contribution in [2.45, 2.75) is 72.3 Å². The minimum Gasteiger partial charge on any atom is -0.356 e. The molecule has 3 rings (SSSR count). The van der Waals surface area contributed by atoms with Gasteiger partial charge in [-0.05, 0) is 62.3 Å². The highest BCUT2D eigenvalue weighted by Gasteiger charge is 2.32. The summed E-state index contributed by atoms with van der Waals surface area (Å²) < 4.78 is 0. The SMILES string of the molecule is CC(C)(C)C1CCC(C(=O)NCc2cccnc2N2CCCCC2)CC1. The Labute approximate surface area is 158 Å². The Bertz CT molecular complexity index is 594. The summed E-state index contributed by atoms with van der Waals surface area (Å²) in [5.41, 5.74) is 1.51. The van der Waals surface area contributed by atoms with E-state index in [2.05, 4.69) is 42.0 Å². The van der Waals surface area contributed by atoms with Crippen LogP contribution in [0.4, 0.5) is 5.82 Å². The van der Waals surface area contributed by atoms with Crippen LogP contribution in [-0.2, 0) is 11.3 Å². The topological polar surface area (TPSA) is 45.2 Å². The number of nitrogens with one attached hydrogen (secondary N) is 1. The summed E-state index contributed by atoms with van der Waals surface area (Å²) in [5.74, 6) is 2.22. The smallest absolute Gasteiger partial charge is 0.223 e. The van der Waals surface area contributed by atoms with E-state index in [0.717, 1.165) is 43.2 Å². The number of amides is 1. The van der Waals surface area contributed by atoms with Crippen molar-refractivity contribution in [2.24, 2.45) is 17.3 Å². The molecular weight excluding hydrogens is 322 g/mol. The summed E-state index contributed by atoms with van der Waals surface area (Å²) in [5, 5.41) is 3.20. The lowest BCUT2D eigenvalue weighted by molar-refractivity contribution is -0.126. The van der Waals surface area contributed by atoms with Gasteiger partial charge in [0.1, 0.15) is 5.82 Å². The molecule has 1 N–H and O–H groups in total. The highest BCUT2D eigenvalue weighted by Crippen LogP contribution is 2.39. The van der Waals surface area contributed by atoms with Crippen molar-refractivity contribution in [1.29, 1.82) is 0 Å². The maximum absolute atomic E-state index is 12.7. The standard InChI is InChI=1S/C22H35N3O/c1-22(2,3)19-11-9-17(10-12-19)21(26)24-16-18-8-7-13-23-20(18)25-14-5-4-6-15-25/h7-8,13,17,19H,4-6,9-12,14-16H2,1-3H3,(H,24,26). The number of aromatic nitrogens is 1. The molecular formula is C22H35N3O. The highest BCUT2D eigenvalue weighted by molar-refractivity contribution is 5.78. The van der Waals surface area contributed by atoms with Crippen LogP contribution in [0.15, 0.2) is 18.3 Å². The van der Waals surface area contributed by atoms with Gasteiger partial charge in [0.2, 0.25) is 5.91 Å². The van der Waals surface area contributed by atoms with Crippen molar-refractivity contribution >= 4 is 11.7 Å². The predicted octanol–water partition coefficient (Wildman–Crippen LogP) is 4.54. The molecule has 0 unspecified atom stereocenters. The van der Waals surface area contributed by atoms with E-state index in [9.17, 15) is 4.79 Å². The van der Waals surface area contributed by atoms with E-state index in [0.29, 0.717) is 12.0 Å². The minimum absolute atomic E-state index is 0.184. The number of carbonyl (C=O) groups excluding carboxylic acids is 1. The molecule has 1 saturated heterocycles. The van der Waals surface area contributed by atoms with Crippen molar-refractivity contribution in [2.75, 3.05) is 18.0 Å². The fraction of sp³-hybridized carbons (Fsp3) is 0.727. The van der Waals surface area contributed by atoms with Crippen LogP contribution in [0, 0.1) is 17.3 Å². The molecule has 1 aromatic heterocycles. The maximum Gasteiger partial charge on any atom is 0.223 e. The molecule has 0 radical (unpaired) electrons. The predicted molar refractivity (Wildman–Crippen MR) is 107 cm³/mol. The number of anilines is 1. The van der Waals surface area contributed by atoms with E-state index in [4.69, 9.17) is 0 Å². The summed E-state index contributed by atoms with van der Waals surface area (Å²) in [6, 6.07) is 4.08. The molecule has 1 aliphatic carbocycles. The fourth-order valence-corrected chi connectivity index (χ4v) is 4.51. The highest BCUT2D eigenvalue weighted by atomic mass is 16.1. The molecule has 2 fully saturated rings. The lowest BCUT2D eigenvalue weighted by Crippen LogP contribution is -2.36. The first kappa shape index (κ1) is 19.2. The zero-order valence-corrected chi connectivity index (χ0v) is 16.8. The molecule has 0 atom stereocenters. The lowest BCUT2D eigenvalue weighted by atomic mass is 9.69. The number of pyridine rings is 1. The monoisotopic (exact) mass is 357 g/mol. The zero-order valence-electron chi connectivity index (χ0n) is 16.8. The summed E-state index contributed by atoms with van der Waals surface area (Å²) >= 11 is 0. The van der Waals surface area contributed by atoms with Crippen molar-refractivity contribution in [3.05, 3.63) is 23.9 Å². The van der Waals surface area contributed by atoms with Crippen LogP contribution in [0.1, 0.15) is 71.3 Å². The Hall–Kier alpha value is -1.58. The van der Waals surface area contributed by atoms with Gasteiger partial charge in [-0.25, -0.2) is 4.98 Å². The first-order valence-electron chi connectivity index (χ1n) is 10.4. The van der Waals surface area contributed by atoms with Crippen molar-refractivity contribution in [1.82, 2.24) is 10.3 Å². The van der Waals surface area contributed by atoms with Crippen LogP contribution in [0.2, 0.25) is 0 Å². The van der Waals surface area contributed by atoms with Gasteiger partial charge in [-0.3, -0.25) is 4.79 Å².